The number of benzene rings is 1. The fourth-order valence-corrected chi connectivity index (χ4v) is 2.46. The van der Waals surface area contributed by atoms with Gasteiger partial charge in [0.15, 0.2) is 5.82 Å². The number of nitrogens with one attached hydrogen (secondary N) is 1. The van der Waals surface area contributed by atoms with E-state index in [4.69, 9.17) is 0 Å². The van der Waals surface area contributed by atoms with Crippen LogP contribution in [0.4, 0.5) is 0 Å². The van der Waals surface area contributed by atoms with Crippen molar-refractivity contribution in [3.8, 4) is 0 Å². The molecule has 0 saturated heterocycles. The zero-order chi connectivity index (χ0) is 15.3. The second-order valence-corrected chi connectivity index (χ2v) is 6.77. The van der Waals surface area contributed by atoms with Gasteiger partial charge in [-0.25, -0.2) is 4.98 Å². The lowest BCUT2D eigenvalue weighted by molar-refractivity contribution is 0.312. The quantitative estimate of drug-likeness (QED) is 0.887. The molecular formula is C17H26N4. The van der Waals surface area contributed by atoms with Crippen LogP contribution in [0, 0.1) is 5.41 Å². The highest BCUT2D eigenvalue weighted by atomic mass is 15.3. The lowest BCUT2D eigenvalue weighted by Gasteiger charge is -2.27. The van der Waals surface area contributed by atoms with Crippen molar-refractivity contribution in [1.82, 2.24) is 20.1 Å². The van der Waals surface area contributed by atoms with Crippen LogP contribution in [0.25, 0.3) is 0 Å². The summed E-state index contributed by atoms with van der Waals surface area (Å²) in [5.41, 5.74) is 1.64. The Balaban J connectivity index is 1.96. The Hall–Kier alpha value is -1.68. The lowest BCUT2D eigenvalue weighted by atomic mass is 9.85. The summed E-state index contributed by atoms with van der Waals surface area (Å²) in [6, 6.07) is 11.0. The molecule has 0 aliphatic carbocycles. The number of hydrogen-bond donors (Lipinski definition) is 1. The van der Waals surface area contributed by atoms with E-state index in [-0.39, 0.29) is 5.41 Å². The van der Waals surface area contributed by atoms with E-state index in [1.54, 1.807) is 11.0 Å². The molecule has 0 bridgehead atoms. The van der Waals surface area contributed by atoms with Crippen molar-refractivity contribution in [2.75, 3.05) is 6.54 Å². The van der Waals surface area contributed by atoms with Crippen molar-refractivity contribution in [3.05, 3.63) is 48.0 Å². The molecule has 2 rings (SSSR count). The molecule has 0 amide bonds. The van der Waals surface area contributed by atoms with Gasteiger partial charge in [-0.05, 0) is 17.4 Å². The number of rotatable bonds is 6. The van der Waals surface area contributed by atoms with Crippen LogP contribution in [-0.4, -0.2) is 21.3 Å². The number of aromatic nitrogens is 3. The van der Waals surface area contributed by atoms with Crippen molar-refractivity contribution in [3.63, 3.8) is 0 Å². The van der Waals surface area contributed by atoms with E-state index < -0.39 is 0 Å². The molecule has 1 atom stereocenters. The summed E-state index contributed by atoms with van der Waals surface area (Å²) in [5.74, 6) is 0.896. The van der Waals surface area contributed by atoms with Crippen LogP contribution in [0.1, 0.15) is 44.6 Å². The minimum Gasteiger partial charge on any atom is -0.309 e. The van der Waals surface area contributed by atoms with Crippen LogP contribution in [0.3, 0.4) is 0 Å². The predicted molar refractivity (Wildman–Crippen MR) is 86.0 cm³/mol. The number of aryl methyl sites for hydroxylation is 1. The Kier molecular flexibility index (Phi) is 5.12. The van der Waals surface area contributed by atoms with Crippen LogP contribution < -0.4 is 5.32 Å². The van der Waals surface area contributed by atoms with Crippen molar-refractivity contribution in [2.45, 2.75) is 39.7 Å². The molecule has 4 nitrogen and oxygen atoms in total. The Morgan fingerprint density at radius 1 is 1.19 bits per heavy atom. The largest absolute Gasteiger partial charge is 0.309 e. The maximum atomic E-state index is 4.32. The molecule has 2 aromatic rings. The second-order valence-electron chi connectivity index (χ2n) is 6.77. The molecule has 1 N–H and O–H groups in total. The third kappa shape index (κ3) is 5.31. The highest BCUT2D eigenvalue weighted by Crippen LogP contribution is 2.29. The van der Waals surface area contributed by atoms with Crippen molar-refractivity contribution >= 4 is 0 Å². The lowest BCUT2D eigenvalue weighted by Crippen LogP contribution is -2.27. The summed E-state index contributed by atoms with van der Waals surface area (Å²) >= 11 is 0. The van der Waals surface area contributed by atoms with E-state index in [0.29, 0.717) is 6.04 Å². The zero-order valence-electron chi connectivity index (χ0n) is 13.5. The molecule has 0 radical (unpaired) electrons. The van der Waals surface area contributed by atoms with Crippen molar-refractivity contribution < 1.29 is 0 Å². The molecular weight excluding hydrogens is 260 g/mol. The SMILES string of the molecule is Cn1cnc(CCNC(CC(C)(C)C)c2ccccc2)n1. The molecule has 114 valence electrons. The third-order valence-electron chi connectivity index (χ3n) is 3.40. The highest BCUT2D eigenvalue weighted by molar-refractivity contribution is 5.19. The molecule has 0 spiro atoms. The Morgan fingerprint density at radius 2 is 1.90 bits per heavy atom. The number of nitrogens with zero attached hydrogens (tertiary/aromatic N) is 3. The molecule has 1 aromatic heterocycles. The molecule has 0 saturated carbocycles. The van der Waals surface area contributed by atoms with Gasteiger partial charge >= 0.3 is 0 Å². The van der Waals surface area contributed by atoms with Crippen LogP contribution in [0.2, 0.25) is 0 Å². The van der Waals surface area contributed by atoms with Gasteiger partial charge in [0.2, 0.25) is 0 Å². The van der Waals surface area contributed by atoms with E-state index in [1.165, 1.54) is 5.56 Å². The van der Waals surface area contributed by atoms with Gasteiger partial charge in [-0.1, -0.05) is 51.1 Å². The smallest absolute Gasteiger partial charge is 0.151 e. The van der Waals surface area contributed by atoms with Crippen LogP contribution in [-0.2, 0) is 13.5 Å². The molecule has 1 unspecified atom stereocenters. The summed E-state index contributed by atoms with van der Waals surface area (Å²) in [6.07, 6.45) is 3.71. The van der Waals surface area contributed by atoms with Gasteiger partial charge in [0.1, 0.15) is 6.33 Å². The Labute approximate surface area is 127 Å². The maximum Gasteiger partial charge on any atom is 0.151 e. The van der Waals surface area contributed by atoms with Crippen molar-refractivity contribution in [2.24, 2.45) is 12.5 Å². The standard InChI is InChI=1S/C17H26N4/c1-17(2,3)12-15(14-8-6-5-7-9-14)18-11-10-16-19-13-21(4)20-16/h5-9,13,15,18H,10-12H2,1-4H3. The van der Waals surface area contributed by atoms with Gasteiger partial charge in [-0.3, -0.25) is 4.68 Å². The monoisotopic (exact) mass is 286 g/mol. The van der Waals surface area contributed by atoms with E-state index in [1.807, 2.05) is 7.05 Å². The van der Waals surface area contributed by atoms with Gasteiger partial charge in [0.25, 0.3) is 0 Å². The van der Waals surface area contributed by atoms with Crippen LogP contribution in [0.15, 0.2) is 36.7 Å². The fraction of sp³-hybridized carbons (Fsp3) is 0.529. The summed E-state index contributed by atoms with van der Waals surface area (Å²) < 4.78 is 1.75. The molecule has 0 aliphatic rings. The van der Waals surface area contributed by atoms with E-state index in [9.17, 15) is 0 Å². The zero-order valence-corrected chi connectivity index (χ0v) is 13.5. The third-order valence-corrected chi connectivity index (χ3v) is 3.40. The first-order valence-corrected chi connectivity index (χ1v) is 7.57. The van der Waals surface area contributed by atoms with Gasteiger partial charge in [-0.2, -0.15) is 5.10 Å². The Morgan fingerprint density at radius 3 is 2.48 bits per heavy atom. The minimum absolute atomic E-state index is 0.288. The van der Waals surface area contributed by atoms with Crippen molar-refractivity contribution in [1.29, 1.82) is 0 Å². The van der Waals surface area contributed by atoms with Gasteiger partial charge in [0, 0.05) is 26.1 Å². The molecule has 1 heterocycles. The summed E-state index contributed by atoms with van der Waals surface area (Å²) in [6.45, 7) is 7.74. The number of hydrogen-bond acceptors (Lipinski definition) is 3. The van der Waals surface area contributed by atoms with E-state index in [2.05, 4.69) is 66.5 Å². The highest BCUT2D eigenvalue weighted by Gasteiger charge is 2.19. The van der Waals surface area contributed by atoms with E-state index in [0.717, 1.165) is 25.2 Å². The van der Waals surface area contributed by atoms with Gasteiger partial charge in [0.05, 0.1) is 0 Å². The molecule has 0 fully saturated rings. The van der Waals surface area contributed by atoms with Gasteiger partial charge in [-0.15, -0.1) is 0 Å². The molecule has 1 aromatic carbocycles. The molecule has 21 heavy (non-hydrogen) atoms. The normalized spacial score (nSPS) is 13.3. The first-order chi connectivity index (χ1) is 9.94. The van der Waals surface area contributed by atoms with Crippen LogP contribution in [0.5, 0.6) is 0 Å². The average Bonchev–Trinajstić information content (AvgIpc) is 2.83. The Bertz CT molecular complexity index is 539. The second kappa shape index (κ2) is 6.85. The summed E-state index contributed by atoms with van der Waals surface area (Å²) in [5, 5.41) is 7.98. The summed E-state index contributed by atoms with van der Waals surface area (Å²) in [7, 11) is 1.90. The van der Waals surface area contributed by atoms with E-state index >= 15 is 0 Å². The maximum absolute atomic E-state index is 4.32. The topological polar surface area (TPSA) is 42.7 Å². The predicted octanol–water partition coefficient (Wildman–Crippen LogP) is 3.12. The molecule has 4 heteroatoms. The summed E-state index contributed by atoms with van der Waals surface area (Å²) in [4.78, 5) is 4.27. The fourth-order valence-electron chi connectivity index (χ4n) is 2.46. The van der Waals surface area contributed by atoms with Gasteiger partial charge < -0.3 is 5.32 Å². The molecule has 0 aliphatic heterocycles. The van der Waals surface area contributed by atoms with Crippen LogP contribution >= 0.6 is 0 Å². The first-order valence-electron chi connectivity index (χ1n) is 7.57. The first kappa shape index (κ1) is 15.7. The average molecular weight is 286 g/mol. The minimum atomic E-state index is 0.288.